The molecule has 0 unspecified atom stereocenters. The van der Waals surface area contributed by atoms with Crippen molar-refractivity contribution in [1.82, 2.24) is 4.98 Å². The van der Waals surface area contributed by atoms with Gasteiger partial charge in [0, 0.05) is 24.0 Å². The average molecular weight is 386 g/mol. The number of methoxy groups -OCH3 is 1. The van der Waals surface area contributed by atoms with Gasteiger partial charge in [-0.3, -0.25) is 9.59 Å². The molecule has 9 heteroatoms. The zero-order valence-electron chi connectivity index (χ0n) is 13.7. The Bertz CT molecular complexity index is 691. The van der Waals surface area contributed by atoms with E-state index in [4.69, 9.17) is 10.5 Å². The van der Waals surface area contributed by atoms with Gasteiger partial charge >= 0.3 is 5.97 Å². The topological polar surface area (TPSA) is 104 Å². The normalized spacial score (nSPS) is 9.84. The van der Waals surface area contributed by atoms with Crippen LogP contribution in [0.1, 0.15) is 28.3 Å². The Morgan fingerprint density at radius 2 is 2.00 bits per heavy atom. The van der Waals surface area contributed by atoms with E-state index >= 15 is 0 Å². The lowest BCUT2D eigenvalue weighted by atomic mass is 10.3. The molecule has 1 amide bonds. The summed E-state index contributed by atoms with van der Waals surface area (Å²) in [6.07, 6.45) is 0.904. The number of hydrogen-bond acceptors (Lipinski definition) is 7. The lowest BCUT2D eigenvalue weighted by Gasteiger charge is -2.07. The number of nitrogens with two attached hydrogens (primary N) is 1. The van der Waals surface area contributed by atoms with Crippen LogP contribution in [0.15, 0.2) is 29.6 Å². The van der Waals surface area contributed by atoms with Gasteiger partial charge in [-0.05, 0) is 30.7 Å². The predicted molar refractivity (Wildman–Crippen MR) is 98.4 cm³/mol. The van der Waals surface area contributed by atoms with Crippen LogP contribution in [0, 0.1) is 0 Å². The first-order valence-corrected chi connectivity index (χ1v) is 8.26. The fourth-order valence-corrected chi connectivity index (χ4v) is 2.50. The molecule has 0 aliphatic rings. The van der Waals surface area contributed by atoms with Crippen molar-refractivity contribution in [2.24, 2.45) is 5.73 Å². The van der Waals surface area contributed by atoms with Gasteiger partial charge in [-0.2, -0.15) is 0 Å². The molecule has 0 atom stereocenters. The Morgan fingerprint density at radius 1 is 1.28 bits per heavy atom. The summed E-state index contributed by atoms with van der Waals surface area (Å²) < 4.78 is 10.1. The molecule has 0 fully saturated rings. The van der Waals surface area contributed by atoms with E-state index in [1.165, 1.54) is 18.4 Å². The van der Waals surface area contributed by atoms with Gasteiger partial charge in [0.15, 0.2) is 0 Å². The summed E-state index contributed by atoms with van der Waals surface area (Å²) in [7, 11) is 1.36. The van der Waals surface area contributed by atoms with Crippen LogP contribution in [0.2, 0.25) is 0 Å². The van der Waals surface area contributed by atoms with E-state index in [1.54, 1.807) is 29.6 Å². The highest BCUT2D eigenvalue weighted by Crippen LogP contribution is 2.17. The molecule has 136 valence electrons. The van der Waals surface area contributed by atoms with Crippen LogP contribution in [-0.2, 0) is 16.1 Å². The molecule has 2 aromatic rings. The summed E-state index contributed by atoms with van der Waals surface area (Å²) in [5, 5.41) is 5.16. The number of halogens is 1. The summed E-state index contributed by atoms with van der Waals surface area (Å²) in [5.41, 5.74) is 6.48. The predicted octanol–water partition coefficient (Wildman–Crippen LogP) is 2.61. The summed E-state index contributed by atoms with van der Waals surface area (Å²) in [4.78, 5) is 27.2. The van der Waals surface area contributed by atoms with Crippen molar-refractivity contribution in [2.75, 3.05) is 19.0 Å². The van der Waals surface area contributed by atoms with Crippen molar-refractivity contribution in [1.29, 1.82) is 0 Å². The van der Waals surface area contributed by atoms with Crippen molar-refractivity contribution in [3.05, 3.63) is 40.3 Å². The third-order valence-corrected chi connectivity index (χ3v) is 3.96. The van der Waals surface area contributed by atoms with Gasteiger partial charge in [-0.25, -0.2) is 4.98 Å². The molecular weight excluding hydrogens is 366 g/mol. The van der Waals surface area contributed by atoms with Crippen LogP contribution in [0.25, 0.3) is 0 Å². The number of thiazole rings is 1. The summed E-state index contributed by atoms with van der Waals surface area (Å²) in [6, 6.07) is 6.98. The van der Waals surface area contributed by atoms with E-state index in [2.05, 4.69) is 15.0 Å². The van der Waals surface area contributed by atoms with Gasteiger partial charge in [0.1, 0.15) is 16.5 Å². The number of aromatic nitrogens is 1. The number of nitrogens with one attached hydrogen (secondary N) is 1. The first-order valence-electron chi connectivity index (χ1n) is 7.38. The second-order valence-electron chi connectivity index (χ2n) is 4.84. The number of esters is 1. The minimum absolute atomic E-state index is 0. The first kappa shape index (κ1) is 20.9. The maximum absolute atomic E-state index is 12.0. The monoisotopic (exact) mass is 385 g/mol. The molecule has 0 saturated heterocycles. The molecule has 2 rings (SSSR count). The minimum Gasteiger partial charge on any atom is -0.494 e. The van der Waals surface area contributed by atoms with Gasteiger partial charge < -0.3 is 20.5 Å². The average Bonchev–Trinajstić information content (AvgIpc) is 3.09. The number of nitrogens with zero attached hydrogens (tertiary/aromatic N) is 1. The molecule has 25 heavy (non-hydrogen) atoms. The van der Waals surface area contributed by atoms with Gasteiger partial charge in [0.05, 0.1) is 13.7 Å². The Kier molecular flexibility index (Phi) is 8.90. The van der Waals surface area contributed by atoms with E-state index in [1.807, 2.05) is 0 Å². The SMILES string of the molecule is COC(=O)CCCOc1ccc(NC(=O)c2csc(CN)n2)cc1.Cl. The summed E-state index contributed by atoms with van der Waals surface area (Å²) in [5.74, 6) is 0.131. The van der Waals surface area contributed by atoms with E-state index in [-0.39, 0.29) is 24.3 Å². The van der Waals surface area contributed by atoms with Gasteiger partial charge in [0.2, 0.25) is 0 Å². The van der Waals surface area contributed by atoms with Gasteiger partial charge in [0.25, 0.3) is 5.91 Å². The number of ether oxygens (including phenoxy) is 2. The number of amides is 1. The maximum Gasteiger partial charge on any atom is 0.305 e. The fraction of sp³-hybridized carbons (Fsp3) is 0.312. The molecule has 1 aromatic heterocycles. The van der Waals surface area contributed by atoms with E-state index in [0.717, 1.165) is 5.01 Å². The largest absolute Gasteiger partial charge is 0.494 e. The molecule has 0 bridgehead atoms. The van der Waals surface area contributed by atoms with Crippen LogP contribution in [0.5, 0.6) is 5.75 Å². The van der Waals surface area contributed by atoms with Crippen molar-refractivity contribution in [3.8, 4) is 5.75 Å². The highest BCUT2D eigenvalue weighted by Gasteiger charge is 2.10. The lowest BCUT2D eigenvalue weighted by molar-refractivity contribution is -0.140. The lowest BCUT2D eigenvalue weighted by Crippen LogP contribution is -2.12. The fourth-order valence-electron chi connectivity index (χ4n) is 1.85. The van der Waals surface area contributed by atoms with Crippen LogP contribution < -0.4 is 15.8 Å². The molecule has 0 aliphatic heterocycles. The Hall–Kier alpha value is -2.16. The smallest absolute Gasteiger partial charge is 0.305 e. The summed E-state index contributed by atoms with van der Waals surface area (Å²) in [6.45, 7) is 0.738. The van der Waals surface area contributed by atoms with Crippen LogP contribution in [0.3, 0.4) is 0 Å². The first-order chi connectivity index (χ1) is 11.6. The Labute approximate surface area is 155 Å². The number of rotatable bonds is 8. The maximum atomic E-state index is 12.0. The van der Waals surface area contributed by atoms with E-state index in [0.29, 0.717) is 43.1 Å². The van der Waals surface area contributed by atoms with Gasteiger partial charge in [-0.15, -0.1) is 23.7 Å². The van der Waals surface area contributed by atoms with E-state index in [9.17, 15) is 9.59 Å². The molecule has 0 spiro atoms. The minimum atomic E-state index is -0.280. The highest BCUT2D eigenvalue weighted by molar-refractivity contribution is 7.09. The molecule has 7 nitrogen and oxygen atoms in total. The van der Waals surface area contributed by atoms with Gasteiger partial charge in [-0.1, -0.05) is 0 Å². The molecule has 3 N–H and O–H groups in total. The van der Waals surface area contributed by atoms with E-state index < -0.39 is 0 Å². The zero-order valence-corrected chi connectivity index (χ0v) is 15.3. The molecule has 1 aromatic carbocycles. The molecule has 0 radical (unpaired) electrons. The second-order valence-corrected chi connectivity index (χ2v) is 5.78. The molecule has 0 saturated carbocycles. The third kappa shape index (κ3) is 6.69. The van der Waals surface area contributed by atoms with Crippen molar-refractivity contribution in [2.45, 2.75) is 19.4 Å². The Morgan fingerprint density at radius 3 is 2.60 bits per heavy atom. The number of hydrogen-bond donors (Lipinski definition) is 2. The summed E-state index contributed by atoms with van der Waals surface area (Å²) >= 11 is 1.36. The third-order valence-electron chi connectivity index (χ3n) is 3.09. The van der Waals surface area contributed by atoms with Crippen molar-refractivity contribution in [3.63, 3.8) is 0 Å². The van der Waals surface area contributed by atoms with Crippen LogP contribution >= 0.6 is 23.7 Å². The van der Waals surface area contributed by atoms with Crippen LogP contribution in [-0.4, -0.2) is 30.6 Å². The van der Waals surface area contributed by atoms with Crippen LogP contribution in [0.4, 0.5) is 5.69 Å². The number of carbonyl (C=O) groups is 2. The number of benzene rings is 1. The molecule has 1 heterocycles. The zero-order chi connectivity index (χ0) is 17.4. The quantitative estimate of drug-likeness (QED) is 0.534. The van der Waals surface area contributed by atoms with Crippen molar-refractivity contribution >= 4 is 41.3 Å². The standard InChI is InChI=1S/C16H19N3O4S.ClH/c1-22-15(20)3-2-8-23-12-6-4-11(5-7-12)18-16(21)13-10-24-14(9-17)19-13;/h4-7,10H,2-3,8-9,17H2,1H3,(H,18,21);1H. The molecule has 0 aliphatic carbocycles. The number of carbonyl (C=O) groups excluding carboxylic acids is 2. The van der Waals surface area contributed by atoms with Crippen molar-refractivity contribution < 1.29 is 19.1 Å². The molecular formula is C16H20ClN3O4S. The number of anilines is 1. The Balaban J connectivity index is 0.00000312. The highest BCUT2D eigenvalue weighted by atomic mass is 35.5. The second kappa shape index (κ2) is 10.7.